The lowest BCUT2D eigenvalue weighted by Gasteiger charge is -2.58. The third kappa shape index (κ3) is 3.29. The Morgan fingerprint density at radius 3 is 2.63 bits per heavy atom. The minimum Gasteiger partial charge on any atom is -0.388 e. The van der Waals surface area contributed by atoms with Crippen molar-refractivity contribution in [1.82, 2.24) is 5.32 Å². The van der Waals surface area contributed by atoms with E-state index in [1.807, 2.05) is 0 Å². The summed E-state index contributed by atoms with van der Waals surface area (Å²) in [5.74, 6) is 5.68. The number of rotatable bonds is 5. The van der Waals surface area contributed by atoms with Gasteiger partial charge in [-0.25, -0.2) is 0 Å². The van der Waals surface area contributed by atoms with E-state index >= 15 is 0 Å². The van der Waals surface area contributed by atoms with Crippen LogP contribution in [0.1, 0.15) is 98.8 Å². The van der Waals surface area contributed by atoms with Crippen molar-refractivity contribution in [3.05, 3.63) is 11.8 Å². The first-order chi connectivity index (χ1) is 12.9. The van der Waals surface area contributed by atoms with Crippen LogP contribution in [0.3, 0.4) is 0 Å². The SMILES string of the molecule is CC(C)CCC[C@@H](C)[C@H]1CC[C@H]2[C@@H]3CC=C4NCCC[C@]4(C)[C@H]3CC[C@]12C. The Morgan fingerprint density at radius 2 is 1.85 bits per heavy atom. The smallest absolute Gasteiger partial charge is 0.0144 e. The molecule has 0 aromatic carbocycles. The maximum atomic E-state index is 3.78. The van der Waals surface area contributed by atoms with Crippen molar-refractivity contribution in [3.63, 3.8) is 0 Å². The molecule has 0 aromatic rings. The van der Waals surface area contributed by atoms with E-state index < -0.39 is 0 Å². The highest BCUT2D eigenvalue weighted by atomic mass is 14.9. The first kappa shape index (κ1) is 19.8. The highest BCUT2D eigenvalue weighted by molar-refractivity contribution is 5.23. The van der Waals surface area contributed by atoms with Gasteiger partial charge in [0.15, 0.2) is 0 Å². The van der Waals surface area contributed by atoms with Crippen LogP contribution in [0.4, 0.5) is 0 Å². The number of hydrogen-bond donors (Lipinski definition) is 1. The van der Waals surface area contributed by atoms with Gasteiger partial charge in [-0.1, -0.05) is 60.0 Å². The summed E-state index contributed by atoms with van der Waals surface area (Å²) < 4.78 is 0. The van der Waals surface area contributed by atoms with E-state index in [2.05, 4.69) is 46.0 Å². The molecule has 4 rings (SSSR count). The molecule has 1 heteroatoms. The number of piperidine rings is 1. The van der Waals surface area contributed by atoms with Crippen LogP contribution in [-0.4, -0.2) is 6.54 Å². The second kappa shape index (κ2) is 7.42. The van der Waals surface area contributed by atoms with Crippen molar-refractivity contribution >= 4 is 0 Å². The van der Waals surface area contributed by atoms with E-state index in [4.69, 9.17) is 0 Å². The van der Waals surface area contributed by atoms with Gasteiger partial charge in [0, 0.05) is 17.7 Å². The van der Waals surface area contributed by atoms with Gasteiger partial charge in [-0.15, -0.1) is 0 Å². The van der Waals surface area contributed by atoms with Gasteiger partial charge < -0.3 is 5.32 Å². The van der Waals surface area contributed by atoms with Crippen molar-refractivity contribution < 1.29 is 0 Å². The summed E-state index contributed by atoms with van der Waals surface area (Å²) in [5, 5.41) is 3.78. The van der Waals surface area contributed by atoms with Gasteiger partial charge in [0.2, 0.25) is 0 Å². The molecule has 1 heterocycles. The van der Waals surface area contributed by atoms with Crippen molar-refractivity contribution in [2.75, 3.05) is 6.54 Å². The Labute approximate surface area is 169 Å². The second-order valence-electron chi connectivity index (χ2n) is 11.7. The lowest BCUT2D eigenvalue weighted by Crippen LogP contribution is -2.52. The van der Waals surface area contributed by atoms with E-state index in [1.54, 1.807) is 5.70 Å². The van der Waals surface area contributed by atoms with Crippen molar-refractivity contribution in [2.45, 2.75) is 98.8 Å². The Balaban J connectivity index is 1.49. The zero-order valence-corrected chi connectivity index (χ0v) is 18.8. The van der Waals surface area contributed by atoms with Crippen LogP contribution in [0.2, 0.25) is 0 Å². The molecule has 1 saturated heterocycles. The monoisotopic (exact) mass is 371 g/mol. The Kier molecular flexibility index (Phi) is 5.45. The Bertz CT molecular complexity index is 563. The third-order valence-corrected chi connectivity index (χ3v) is 9.85. The summed E-state index contributed by atoms with van der Waals surface area (Å²) in [4.78, 5) is 0. The molecule has 1 aliphatic heterocycles. The highest BCUT2D eigenvalue weighted by Gasteiger charge is 2.58. The molecule has 0 spiro atoms. The maximum Gasteiger partial charge on any atom is 0.0144 e. The molecule has 3 fully saturated rings. The quantitative estimate of drug-likeness (QED) is 0.539. The number of nitrogens with one attached hydrogen (secondary N) is 1. The molecular weight excluding hydrogens is 326 g/mol. The molecule has 2 saturated carbocycles. The zero-order chi connectivity index (χ0) is 19.2. The minimum atomic E-state index is 0.462. The fraction of sp³-hybridized carbons (Fsp3) is 0.923. The molecule has 0 radical (unpaired) electrons. The molecule has 7 atom stereocenters. The van der Waals surface area contributed by atoms with Crippen LogP contribution in [0.15, 0.2) is 11.8 Å². The molecule has 3 aliphatic carbocycles. The molecule has 154 valence electrons. The molecule has 1 N–H and O–H groups in total. The topological polar surface area (TPSA) is 12.0 Å². The van der Waals surface area contributed by atoms with Crippen molar-refractivity contribution in [3.8, 4) is 0 Å². The van der Waals surface area contributed by atoms with Gasteiger partial charge in [-0.05, 0) is 85.9 Å². The third-order valence-electron chi connectivity index (χ3n) is 9.85. The standard InChI is InChI=1S/C26H45N/c1-18(2)8-6-9-19(3)21-11-12-22-20-10-13-24-26(5,15-7-17-27-24)23(20)14-16-25(21,22)4/h13,18-23,27H,6-12,14-17H2,1-5H3/t19-,20+,21-,22+,23+,25-,26-/m1/s1. The van der Waals surface area contributed by atoms with Crippen molar-refractivity contribution in [2.24, 2.45) is 46.3 Å². The van der Waals surface area contributed by atoms with E-state index in [9.17, 15) is 0 Å². The summed E-state index contributed by atoms with van der Waals surface area (Å²) in [6.07, 6.45) is 17.1. The summed E-state index contributed by atoms with van der Waals surface area (Å²) in [6.45, 7) is 13.9. The largest absolute Gasteiger partial charge is 0.388 e. The van der Waals surface area contributed by atoms with Crippen LogP contribution < -0.4 is 5.32 Å². The maximum absolute atomic E-state index is 3.78. The number of fused-ring (bicyclic) bond motifs is 5. The summed E-state index contributed by atoms with van der Waals surface area (Å²) in [6, 6.07) is 0. The van der Waals surface area contributed by atoms with Gasteiger partial charge in [-0.3, -0.25) is 0 Å². The van der Waals surface area contributed by atoms with Crippen LogP contribution in [-0.2, 0) is 0 Å². The van der Waals surface area contributed by atoms with Crippen LogP contribution in [0, 0.1) is 46.3 Å². The predicted molar refractivity (Wildman–Crippen MR) is 116 cm³/mol. The van der Waals surface area contributed by atoms with Gasteiger partial charge in [0.05, 0.1) is 0 Å². The van der Waals surface area contributed by atoms with Gasteiger partial charge in [-0.2, -0.15) is 0 Å². The zero-order valence-electron chi connectivity index (χ0n) is 18.8. The molecular formula is C26H45N. The van der Waals surface area contributed by atoms with E-state index in [1.165, 1.54) is 70.8 Å². The first-order valence-corrected chi connectivity index (χ1v) is 12.3. The average molecular weight is 372 g/mol. The Morgan fingerprint density at radius 1 is 1.04 bits per heavy atom. The van der Waals surface area contributed by atoms with E-state index in [0.29, 0.717) is 10.8 Å². The van der Waals surface area contributed by atoms with E-state index in [-0.39, 0.29) is 0 Å². The first-order valence-electron chi connectivity index (χ1n) is 12.3. The lowest BCUT2D eigenvalue weighted by molar-refractivity contribution is -0.0510. The summed E-state index contributed by atoms with van der Waals surface area (Å²) in [7, 11) is 0. The fourth-order valence-corrected chi connectivity index (χ4v) is 8.39. The van der Waals surface area contributed by atoms with Gasteiger partial charge in [0.1, 0.15) is 0 Å². The predicted octanol–water partition coefficient (Wildman–Crippen LogP) is 7.18. The number of hydrogen-bond acceptors (Lipinski definition) is 1. The van der Waals surface area contributed by atoms with E-state index in [0.717, 1.165) is 35.5 Å². The summed E-state index contributed by atoms with van der Waals surface area (Å²) >= 11 is 0. The molecule has 27 heavy (non-hydrogen) atoms. The van der Waals surface area contributed by atoms with Crippen LogP contribution >= 0.6 is 0 Å². The van der Waals surface area contributed by atoms with Crippen LogP contribution in [0.25, 0.3) is 0 Å². The van der Waals surface area contributed by atoms with Gasteiger partial charge in [0.25, 0.3) is 0 Å². The van der Waals surface area contributed by atoms with Crippen molar-refractivity contribution in [1.29, 1.82) is 0 Å². The van der Waals surface area contributed by atoms with Gasteiger partial charge >= 0.3 is 0 Å². The molecule has 0 amide bonds. The lowest BCUT2D eigenvalue weighted by atomic mass is 9.48. The molecule has 4 aliphatic rings. The normalized spacial score (nSPS) is 44.7. The Hall–Kier alpha value is -0.460. The fourth-order valence-electron chi connectivity index (χ4n) is 8.39. The molecule has 1 nitrogen and oxygen atoms in total. The molecule has 0 bridgehead atoms. The summed E-state index contributed by atoms with van der Waals surface area (Å²) in [5.41, 5.74) is 2.71. The second-order valence-corrected chi connectivity index (χ2v) is 11.7. The minimum absolute atomic E-state index is 0.462. The highest BCUT2D eigenvalue weighted by Crippen LogP contribution is 2.66. The van der Waals surface area contributed by atoms with Crippen LogP contribution in [0.5, 0.6) is 0 Å². The number of allylic oxidation sites excluding steroid dienone is 2. The molecule has 0 aromatic heterocycles. The molecule has 0 unspecified atom stereocenters. The average Bonchev–Trinajstić information content (AvgIpc) is 2.98.